The van der Waals surface area contributed by atoms with E-state index in [2.05, 4.69) is 15.2 Å². The van der Waals surface area contributed by atoms with Crippen molar-refractivity contribution >= 4 is 22.6 Å². The van der Waals surface area contributed by atoms with Crippen LogP contribution in [0.5, 0.6) is 11.8 Å². The van der Waals surface area contributed by atoms with Gasteiger partial charge in [-0.25, -0.2) is 0 Å². The van der Waals surface area contributed by atoms with Crippen LogP contribution in [0.4, 0.5) is 0 Å². The highest BCUT2D eigenvalue weighted by Crippen LogP contribution is 2.40. The fourth-order valence-electron chi connectivity index (χ4n) is 3.38. The van der Waals surface area contributed by atoms with E-state index in [1.165, 1.54) is 41.2 Å². The number of hydrogen-bond acceptors (Lipinski definition) is 5. The molecule has 0 bridgehead atoms. The first kappa shape index (κ1) is 20.0. The normalized spacial score (nSPS) is 11.3. The average molecular weight is 414 g/mol. The average Bonchev–Trinajstić information content (AvgIpc) is 3.02. The molecule has 8 heteroatoms. The Morgan fingerprint density at radius 3 is 2.26 bits per heavy atom. The third kappa shape index (κ3) is 3.66. The van der Waals surface area contributed by atoms with Crippen molar-refractivity contribution in [2.24, 2.45) is 10.2 Å². The highest BCUT2D eigenvalue weighted by Gasteiger charge is 2.20. The maximum absolute atomic E-state index is 12.4. The minimum Gasteiger partial charge on any atom is -0.494 e. The van der Waals surface area contributed by atoms with E-state index in [1.807, 2.05) is 26.0 Å². The van der Waals surface area contributed by atoms with Crippen molar-refractivity contribution in [2.75, 3.05) is 0 Å². The van der Waals surface area contributed by atoms with Crippen molar-refractivity contribution < 1.29 is 19.8 Å². The van der Waals surface area contributed by atoms with Crippen LogP contribution in [0.3, 0.4) is 0 Å². The van der Waals surface area contributed by atoms with Gasteiger partial charge in [-0.05, 0) is 55.8 Å². The van der Waals surface area contributed by atoms with Crippen molar-refractivity contribution in [3.8, 4) is 17.4 Å². The maximum Gasteiger partial charge on any atom is 0.297 e. The highest BCUT2D eigenvalue weighted by atomic mass is 16.3. The van der Waals surface area contributed by atoms with Crippen molar-refractivity contribution in [2.45, 2.75) is 13.8 Å². The second-order valence-electron chi connectivity index (χ2n) is 7.08. The summed E-state index contributed by atoms with van der Waals surface area (Å²) in [6, 6.07) is 13.1. The summed E-state index contributed by atoms with van der Waals surface area (Å²) in [7, 11) is 0. The van der Waals surface area contributed by atoms with Gasteiger partial charge in [-0.3, -0.25) is 19.1 Å². The molecule has 0 saturated heterocycles. The zero-order valence-electron chi connectivity index (χ0n) is 16.8. The van der Waals surface area contributed by atoms with E-state index in [1.54, 1.807) is 12.1 Å². The van der Waals surface area contributed by atoms with Crippen LogP contribution in [-0.4, -0.2) is 31.6 Å². The summed E-state index contributed by atoms with van der Waals surface area (Å²) in [4.78, 5) is 28.2. The molecule has 0 unspecified atom stereocenters. The van der Waals surface area contributed by atoms with Crippen LogP contribution in [0.25, 0.3) is 16.5 Å². The van der Waals surface area contributed by atoms with E-state index in [4.69, 9.17) is 0 Å². The molecule has 0 aliphatic heterocycles. The van der Waals surface area contributed by atoms with E-state index in [0.29, 0.717) is 11.1 Å². The summed E-state index contributed by atoms with van der Waals surface area (Å²) in [6.45, 7) is 3.83. The van der Waals surface area contributed by atoms with Gasteiger partial charge in [0, 0.05) is 28.7 Å². The number of rotatable bonds is 3. The lowest BCUT2D eigenvalue weighted by atomic mass is 10.1. The monoisotopic (exact) mass is 414 g/mol. The quantitative estimate of drug-likeness (QED) is 0.479. The molecule has 0 aliphatic rings. The van der Waals surface area contributed by atoms with Gasteiger partial charge in [0.1, 0.15) is 0 Å². The number of carbonyl (C=O) groups is 2. The van der Waals surface area contributed by atoms with Crippen LogP contribution in [-0.2, 0) is 0 Å². The Hall–Kier alpha value is -4.33. The SMILES string of the molecule is Cc1ccc(-n2c(O)c3ccc(C(=O)N=NC(=O)c4cccnc4)cc3c2O)c(C)c1. The first-order chi connectivity index (χ1) is 14.9. The Morgan fingerprint density at radius 2 is 1.58 bits per heavy atom. The van der Waals surface area contributed by atoms with E-state index >= 15 is 0 Å². The van der Waals surface area contributed by atoms with Crippen LogP contribution in [0, 0.1) is 13.8 Å². The zero-order valence-corrected chi connectivity index (χ0v) is 16.8. The molecule has 0 radical (unpaired) electrons. The number of nitrogens with zero attached hydrogens (tertiary/aromatic N) is 4. The summed E-state index contributed by atoms with van der Waals surface area (Å²) >= 11 is 0. The van der Waals surface area contributed by atoms with Crippen molar-refractivity contribution in [3.05, 3.63) is 83.2 Å². The van der Waals surface area contributed by atoms with Gasteiger partial charge in [-0.2, -0.15) is 0 Å². The second kappa shape index (κ2) is 7.83. The third-order valence-electron chi connectivity index (χ3n) is 4.91. The molecule has 154 valence electrons. The van der Waals surface area contributed by atoms with E-state index < -0.39 is 11.8 Å². The highest BCUT2D eigenvalue weighted by molar-refractivity contribution is 6.03. The predicted octanol–water partition coefficient (Wildman–Crippen LogP) is 4.49. The smallest absolute Gasteiger partial charge is 0.297 e. The molecule has 0 fully saturated rings. The van der Waals surface area contributed by atoms with Crippen molar-refractivity contribution in [1.82, 2.24) is 9.55 Å². The fraction of sp³-hybridized carbons (Fsp3) is 0.0870. The molecule has 2 heterocycles. The van der Waals surface area contributed by atoms with Gasteiger partial charge in [0.25, 0.3) is 11.8 Å². The standard InChI is InChI=1S/C23H18N4O4/c1-13-5-8-19(14(2)10-13)27-22(30)17-7-6-15(11-18(17)23(27)31)20(28)25-26-21(29)16-4-3-9-24-12-16/h3-12,30-31H,1-2H3. The molecule has 0 saturated carbocycles. The molecule has 8 nitrogen and oxygen atoms in total. The lowest BCUT2D eigenvalue weighted by molar-refractivity contribution is 0.0946. The van der Waals surface area contributed by atoms with Gasteiger partial charge in [-0.1, -0.05) is 17.7 Å². The number of carbonyl (C=O) groups excluding carboxylic acids is 2. The van der Waals surface area contributed by atoms with Crippen LogP contribution in [0.2, 0.25) is 0 Å². The molecule has 2 amide bonds. The molecule has 0 spiro atoms. The fourth-order valence-corrected chi connectivity index (χ4v) is 3.38. The van der Waals surface area contributed by atoms with Crippen molar-refractivity contribution in [1.29, 1.82) is 0 Å². The predicted molar refractivity (Wildman–Crippen MR) is 114 cm³/mol. The number of hydrogen-bond donors (Lipinski definition) is 2. The summed E-state index contributed by atoms with van der Waals surface area (Å²) in [5.74, 6) is -1.80. The first-order valence-corrected chi connectivity index (χ1v) is 9.41. The second-order valence-corrected chi connectivity index (χ2v) is 7.08. The largest absolute Gasteiger partial charge is 0.494 e. The zero-order chi connectivity index (χ0) is 22.1. The number of aromatic hydroxyl groups is 2. The van der Waals surface area contributed by atoms with Gasteiger partial charge in [0.2, 0.25) is 11.8 Å². The minimum atomic E-state index is -0.753. The number of aromatic nitrogens is 2. The van der Waals surface area contributed by atoms with Gasteiger partial charge in [0.15, 0.2) is 0 Å². The van der Waals surface area contributed by atoms with Gasteiger partial charge < -0.3 is 10.2 Å². The maximum atomic E-state index is 12.4. The molecule has 2 aromatic heterocycles. The van der Waals surface area contributed by atoms with E-state index in [0.717, 1.165) is 11.1 Å². The molecule has 0 aliphatic carbocycles. The number of azo groups is 1. The van der Waals surface area contributed by atoms with E-state index in [-0.39, 0.29) is 28.3 Å². The molecule has 4 rings (SSSR count). The minimum absolute atomic E-state index is 0.114. The molecule has 31 heavy (non-hydrogen) atoms. The van der Waals surface area contributed by atoms with Crippen LogP contribution < -0.4 is 0 Å². The number of fused-ring (bicyclic) bond motifs is 1. The van der Waals surface area contributed by atoms with E-state index in [9.17, 15) is 19.8 Å². The Balaban J connectivity index is 1.70. The Bertz CT molecular complexity index is 1360. The summed E-state index contributed by atoms with van der Waals surface area (Å²) in [5, 5.41) is 29.0. The number of amides is 2. The lowest BCUT2D eigenvalue weighted by Crippen LogP contribution is -1.98. The number of benzene rings is 2. The first-order valence-electron chi connectivity index (χ1n) is 9.41. The van der Waals surface area contributed by atoms with Crippen LogP contribution >= 0.6 is 0 Å². The van der Waals surface area contributed by atoms with Crippen LogP contribution in [0.15, 0.2) is 71.2 Å². The molecular weight excluding hydrogens is 396 g/mol. The van der Waals surface area contributed by atoms with Gasteiger partial charge in [-0.15, -0.1) is 10.2 Å². The summed E-state index contributed by atoms with van der Waals surface area (Å²) in [6.07, 6.45) is 2.84. The molecule has 0 atom stereocenters. The molecule has 2 N–H and O–H groups in total. The van der Waals surface area contributed by atoms with Crippen molar-refractivity contribution in [3.63, 3.8) is 0 Å². The summed E-state index contributed by atoms with van der Waals surface area (Å²) in [5.41, 5.74) is 2.86. The number of aryl methyl sites for hydroxylation is 2. The molecule has 2 aromatic carbocycles. The summed E-state index contributed by atoms with van der Waals surface area (Å²) < 4.78 is 1.32. The Kier molecular flexibility index (Phi) is 5.04. The molecule has 4 aromatic rings. The third-order valence-corrected chi connectivity index (χ3v) is 4.91. The van der Waals surface area contributed by atoms with Crippen LogP contribution in [0.1, 0.15) is 31.8 Å². The van der Waals surface area contributed by atoms with Gasteiger partial charge >= 0.3 is 0 Å². The lowest BCUT2D eigenvalue weighted by Gasteiger charge is -2.10. The molecular formula is C23H18N4O4. The number of pyridine rings is 1. The topological polar surface area (TPSA) is 117 Å². The Labute approximate surface area is 177 Å². The Morgan fingerprint density at radius 1 is 0.871 bits per heavy atom. The van der Waals surface area contributed by atoms with Gasteiger partial charge in [0.05, 0.1) is 11.3 Å².